The summed E-state index contributed by atoms with van der Waals surface area (Å²) < 4.78 is 5.13. The van der Waals surface area contributed by atoms with Crippen molar-refractivity contribution in [2.24, 2.45) is 5.73 Å². The van der Waals surface area contributed by atoms with Gasteiger partial charge >= 0.3 is 5.97 Å². The van der Waals surface area contributed by atoms with Crippen LogP contribution in [0, 0.1) is 0 Å². The molecule has 0 heterocycles. The number of hydrogen-bond donors (Lipinski definition) is 2. The summed E-state index contributed by atoms with van der Waals surface area (Å²) >= 11 is 0. The molecule has 1 atom stereocenters. The molecule has 21 heavy (non-hydrogen) atoms. The monoisotopic (exact) mass is 292 g/mol. The van der Waals surface area contributed by atoms with Crippen molar-refractivity contribution in [2.75, 3.05) is 6.54 Å². The topological polar surface area (TPSA) is 81.4 Å². The fourth-order valence-corrected chi connectivity index (χ4v) is 1.76. The molecule has 0 saturated heterocycles. The predicted octanol–water partition coefficient (Wildman–Crippen LogP) is 1.40. The lowest BCUT2D eigenvalue weighted by Crippen LogP contribution is -2.43. The maximum Gasteiger partial charge on any atom is 0.308 e. The zero-order chi connectivity index (χ0) is 15.9. The van der Waals surface area contributed by atoms with Crippen LogP contribution in [0.15, 0.2) is 30.3 Å². The maximum absolute atomic E-state index is 11.8. The number of hydrogen-bond acceptors (Lipinski definition) is 4. The first-order chi connectivity index (χ1) is 9.78. The lowest BCUT2D eigenvalue weighted by molar-refractivity contribution is -0.156. The highest BCUT2D eigenvalue weighted by molar-refractivity contribution is 5.86. The molecule has 1 aromatic carbocycles. The van der Waals surface area contributed by atoms with Gasteiger partial charge in [0, 0.05) is 6.54 Å². The van der Waals surface area contributed by atoms with Gasteiger partial charge < -0.3 is 15.8 Å². The van der Waals surface area contributed by atoms with Gasteiger partial charge in [0.2, 0.25) is 5.91 Å². The molecule has 0 aromatic heterocycles. The first-order valence-electron chi connectivity index (χ1n) is 7.07. The number of benzene rings is 1. The summed E-state index contributed by atoms with van der Waals surface area (Å²) in [5.74, 6) is -0.801. The fourth-order valence-electron chi connectivity index (χ4n) is 1.76. The van der Waals surface area contributed by atoms with Gasteiger partial charge in [0.1, 0.15) is 5.60 Å². The van der Waals surface area contributed by atoms with Crippen molar-refractivity contribution in [3.8, 4) is 0 Å². The van der Waals surface area contributed by atoms with Crippen molar-refractivity contribution in [1.82, 2.24) is 5.32 Å². The highest BCUT2D eigenvalue weighted by Crippen LogP contribution is 2.08. The molecule has 3 N–H and O–H groups in total. The van der Waals surface area contributed by atoms with Gasteiger partial charge in [-0.25, -0.2) is 0 Å². The Kier molecular flexibility index (Phi) is 6.37. The van der Waals surface area contributed by atoms with Crippen LogP contribution in [-0.2, 0) is 20.7 Å². The lowest BCUT2D eigenvalue weighted by Gasteiger charge is -2.20. The van der Waals surface area contributed by atoms with Crippen molar-refractivity contribution in [1.29, 1.82) is 0 Å². The lowest BCUT2D eigenvalue weighted by atomic mass is 10.1. The largest absolute Gasteiger partial charge is 0.460 e. The number of esters is 1. The Morgan fingerprint density at radius 2 is 1.86 bits per heavy atom. The molecule has 1 aromatic rings. The zero-order valence-corrected chi connectivity index (χ0v) is 12.9. The van der Waals surface area contributed by atoms with Gasteiger partial charge in [0.25, 0.3) is 0 Å². The average molecular weight is 292 g/mol. The third-order valence-corrected chi connectivity index (χ3v) is 2.70. The quantitative estimate of drug-likeness (QED) is 0.777. The first-order valence-corrected chi connectivity index (χ1v) is 7.07. The Morgan fingerprint density at radius 1 is 1.24 bits per heavy atom. The number of amides is 1. The van der Waals surface area contributed by atoms with Gasteiger partial charge in [-0.05, 0) is 32.8 Å². The van der Waals surface area contributed by atoms with Crippen LogP contribution in [0.5, 0.6) is 0 Å². The summed E-state index contributed by atoms with van der Waals surface area (Å²) in [6, 6.07) is 8.95. The van der Waals surface area contributed by atoms with Crippen molar-refractivity contribution < 1.29 is 14.3 Å². The van der Waals surface area contributed by atoms with Gasteiger partial charge in [-0.3, -0.25) is 9.59 Å². The summed E-state index contributed by atoms with van der Waals surface area (Å²) in [7, 11) is 0. The number of nitrogens with one attached hydrogen (secondary N) is 1. The van der Waals surface area contributed by atoms with E-state index in [1.807, 2.05) is 30.3 Å². The fraction of sp³-hybridized carbons (Fsp3) is 0.500. The Bertz CT molecular complexity index is 466. The molecule has 5 nitrogen and oxygen atoms in total. The molecule has 116 valence electrons. The van der Waals surface area contributed by atoms with Crippen molar-refractivity contribution in [3.63, 3.8) is 0 Å². The highest BCUT2D eigenvalue weighted by atomic mass is 16.6. The van der Waals surface area contributed by atoms with E-state index >= 15 is 0 Å². The molecule has 0 spiro atoms. The van der Waals surface area contributed by atoms with Gasteiger partial charge in [0.05, 0.1) is 12.5 Å². The average Bonchev–Trinajstić information content (AvgIpc) is 2.37. The molecule has 0 saturated carbocycles. The van der Waals surface area contributed by atoms with Gasteiger partial charge in [-0.1, -0.05) is 30.3 Å². The van der Waals surface area contributed by atoms with Crippen LogP contribution >= 0.6 is 0 Å². The van der Waals surface area contributed by atoms with Crippen LogP contribution in [-0.4, -0.2) is 30.1 Å². The standard InChI is InChI=1S/C16H24N2O3/c1-16(2,3)21-14(19)11-13(17)15(20)18-10-9-12-7-5-4-6-8-12/h4-8,13H,9-11,17H2,1-3H3,(H,18,20). The normalized spacial score (nSPS) is 12.6. The van der Waals surface area contributed by atoms with E-state index in [2.05, 4.69) is 5.32 Å². The summed E-state index contributed by atoms with van der Waals surface area (Å²) in [6.45, 7) is 5.81. The second kappa shape index (κ2) is 7.78. The summed E-state index contributed by atoms with van der Waals surface area (Å²) in [5, 5.41) is 2.73. The molecule has 0 aliphatic heterocycles. The number of ether oxygens (including phenoxy) is 1. The second-order valence-electron chi connectivity index (χ2n) is 5.92. The van der Waals surface area contributed by atoms with Crippen molar-refractivity contribution in [2.45, 2.75) is 45.3 Å². The van der Waals surface area contributed by atoms with Gasteiger partial charge in [-0.2, -0.15) is 0 Å². The van der Waals surface area contributed by atoms with Crippen LogP contribution in [0.4, 0.5) is 0 Å². The smallest absolute Gasteiger partial charge is 0.308 e. The molecule has 5 heteroatoms. The van der Waals surface area contributed by atoms with E-state index in [-0.39, 0.29) is 12.3 Å². The Morgan fingerprint density at radius 3 is 2.43 bits per heavy atom. The molecule has 0 aliphatic carbocycles. The second-order valence-corrected chi connectivity index (χ2v) is 5.92. The van der Waals surface area contributed by atoms with Crippen LogP contribution in [0.2, 0.25) is 0 Å². The third kappa shape index (κ3) is 7.46. The molecule has 1 amide bonds. The van der Waals surface area contributed by atoms with E-state index in [9.17, 15) is 9.59 Å². The zero-order valence-electron chi connectivity index (χ0n) is 12.9. The van der Waals surface area contributed by atoms with E-state index in [4.69, 9.17) is 10.5 Å². The van der Waals surface area contributed by atoms with Crippen LogP contribution < -0.4 is 11.1 Å². The van der Waals surface area contributed by atoms with E-state index in [0.717, 1.165) is 12.0 Å². The number of carbonyl (C=O) groups excluding carboxylic acids is 2. The minimum absolute atomic E-state index is 0.117. The van der Waals surface area contributed by atoms with Gasteiger partial charge in [-0.15, -0.1) is 0 Å². The van der Waals surface area contributed by atoms with Crippen molar-refractivity contribution >= 4 is 11.9 Å². The molecule has 0 radical (unpaired) electrons. The molecule has 0 aliphatic rings. The van der Waals surface area contributed by atoms with Crippen LogP contribution in [0.25, 0.3) is 0 Å². The van der Waals surface area contributed by atoms with E-state index in [1.165, 1.54) is 0 Å². The summed E-state index contributed by atoms with van der Waals surface area (Å²) in [4.78, 5) is 23.4. The number of nitrogens with two attached hydrogens (primary N) is 1. The van der Waals surface area contributed by atoms with Crippen molar-refractivity contribution in [3.05, 3.63) is 35.9 Å². The minimum Gasteiger partial charge on any atom is -0.460 e. The Balaban J connectivity index is 2.29. The molecule has 1 rings (SSSR count). The van der Waals surface area contributed by atoms with E-state index in [0.29, 0.717) is 6.54 Å². The van der Waals surface area contributed by atoms with E-state index < -0.39 is 17.6 Å². The number of rotatable bonds is 6. The Hall–Kier alpha value is -1.88. The van der Waals surface area contributed by atoms with Gasteiger partial charge in [0.15, 0.2) is 0 Å². The van der Waals surface area contributed by atoms with E-state index in [1.54, 1.807) is 20.8 Å². The molecule has 1 unspecified atom stereocenters. The molecular weight excluding hydrogens is 268 g/mol. The Labute approximate surface area is 125 Å². The summed E-state index contributed by atoms with van der Waals surface area (Å²) in [6.07, 6.45) is 0.611. The minimum atomic E-state index is -0.879. The molecule has 0 bridgehead atoms. The van der Waals surface area contributed by atoms with Crippen LogP contribution in [0.3, 0.4) is 0 Å². The SMILES string of the molecule is CC(C)(C)OC(=O)CC(N)C(=O)NCCc1ccccc1. The molecular formula is C16H24N2O3. The summed E-state index contributed by atoms with van der Waals surface area (Å²) in [5.41, 5.74) is 6.27. The predicted molar refractivity (Wildman–Crippen MR) is 81.6 cm³/mol. The highest BCUT2D eigenvalue weighted by Gasteiger charge is 2.22. The third-order valence-electron chi connectivity index (χ3n) is 2.70. The number of carbonyl (C=O) groups is 2. The maximum atomic E-state index is 11.8. The molecule has 0 fully saturated rings. The van der Waals surface area contributed by atoms with Crippen LogP contribution in [0.1, 0.15) is 32.8 Å². The first kappa shape index (κ1) is 17.2.